The molecule has 2 fully saturated rings. The predicted molar refractivity (Wildman–Crippen MR) is 72.1 cm³/mol. The minimum atomic E-state index is -0.316. The van der Waals surface area contributed by atoms with Crippen molar-refractivity contribution in [1.82, 2.24) is 25.1 Å². The normalized spacial score (nSPS) is 23.1. The standard InChI is InChI=1S/C13H19N5O2/c19-12(10-8-15-9-16-10)18-5-1-2-11(18)13(20)17-6-3-14-4-7-17/h8-9,11,14H,1-7H2,(H,15,16). The summed E-state index contributed by atoms with van der Waals surface area (Å²) < 4.78 is 0. The number of imidazole rings is 1. The van der Waals surface area contributed by atoms with E-state index < -0.39 is 0 Å². The smallest absolute Gasteiger partial charge is 0.272 e. The molecule has 1 aromatic heterocycles. The number of carbonyl (C=O) groups is 2. The molecule has 2 aliphatic rings. The highest BCUT2D eigenvalue weighted by Crippen LogP contribution is 2.21. The molecule has 3 heterocycles. The van der Waals surface area contributed by atoms with Crippen LogP contribution in [0.2, 0.25) is 0 Å². The van der Waals surface area contributed by atoms with Gasteiger partial charge in [0.25, 0.3) is 5.91 Å². The molecule has 1 atom stereocenters. The lowest BCUT2D eigenvalue weighted by Gasteiger charge is -2.32. The summed E-state index contributed by atoms with van der Waals surface area (Å²) >= 11 is 0. The molecule has 0 aromatic carbocycles. The summed E-state index contributed by atoms with van der Waals surface area (Å²) in [5.74, 6) is -0.0506. The van der Waals surface area contributed by atoms with Gasteiger partial charge in [-0.15, -0.1) is 0 Å². The van der Waals surface area contributed by atoms with E-state index in [1.165, 1.54) is 12.5 Å². The zero-order chi connectivity index (χ0) is 13.9. The summed E-state index contributed by atoms with van der Waals surface area (Å²) in [5.41, 5.74) is 0.449. The van der Waals surface area contributed by atoms with Crippen molar-refractivity contribution in [3.63, 3.8) is 0 Å². The Bertz CT molecular complexity index is 481. The van der Waals surface area contributed by atoms with Gasteiger partial charge in [0.05, 0.1) is 12.5 Å². The summed E-state index contributed by atoms with van der Waals surface area (Å²) in [7, 11) is 0. The van der Waals surface area contributed by atoms with E-state index >= 15 is 0 Å². The molecule has 108 valence electrons. The second-order valence-corrected chi connectivity index (χ2v) is 5.20. The van der Waals surface area contributed by atoms with E-state index in [0.29, 0.717) is 12.2 Å². The van der Waals surface area contributed by atoms with Crippen LogP contribution in [0.3, 0.4) is 0 Å². The molecule has 7 nitrogen and oxygen atoms in total. The van der Waals surface area contributed by atoms with Crippen LogP contribution in [0.5, 0.6) is 0 Å². The summed E-state index contributed by atoms with van der Waals surface area (Å²) in [5, 5.41) is 3.23. The zero-order valence-corrected chi connectivity index (χ0v) is 11.3. The van der Waals surface area contributed by atoms with Crippen molar-refractivity contribution in [2.45, 2.75) is 18.9 Å². The van der Waals surface area contributed by atoms with Crippen molar-refractivity contribution >= 4 is 11.8 Å². The highest BCUT2D eigenvalue weighted by atomic mass is 16.2. The van der Waals surface area contributed by atoms with E-state index in [4.69, 9.17) is 0 Å². The number of hydrogen-bond donors (Lipinski definition) is 2. The van der Waals surface area contributed by atoms with Gasteiger partial charge in [0, 0.05) is 32.7 Å². The number of H-pyrrole nitrogens is 1. The number of carbonyl (C=O) groups excluding carboxylic acids is 2. The van der Waals surface area contributed by atoms with Gasteiger partial charge in [-0.2, -0.15) is 0 Å². The molecular weight excluding hydrogens is 258 g/mol. The van der Waals surface area contributed by atoms with Crippen LogP contribution in [-0.2, 0) is 4.79 Å². The molecule has 0 saturated carbocycles. The Morgan fingerprint density at radius 3 is 2.75 bits per heavy atom. The van der Waals surface area contributed by atoms with Gasteiger partial charge in [0.2, 0.25) is 5.91 Å². The third-order valence-electron chi connectivity index (χ3n) is 3.96. The number of likely N-dealkylation sites (tertiary alicyclic amines) is 1. The Labute approximate surface area is 117 Å². The van der Waals surface area contributed by atoms with Crippen LogP contribution in [0.1, 0.15) is 23.3 Å². The van der Waals surface area contributed by atoms with Crippen molar-refractivity contribution in [1.29, 1.82) is 0 Å². The average Bonchev–Trinajstić information content (AvgIpc) is 3.18. The Balaban J connectivity index is 1.71. The first-order chi connectivity index (χ1) is 9.77. The van der Waals surface area contributed by atoms with Crippen LogP contribution in [0.25, 0.3) is 0 Å². The minimum Gasteiger partial charge on any atom is -0.341 e. The van der Waals surface area contributed by atoms with E-state index in [0.717, 1.165) is 39.0 Å². The van der Waals surface area contributed by atoms with Gasteiger partial charge in [0.15, 0.2) is 0 Å². The van der Waals surface area contributed by atoms with E-state index in [9.17, 15) is 9.59 Å². The second-order valence-electron chi connectivity index (χ2n) is 5.20. The maximum absolute atomic E-state index is 12.6. The van der Waals surface area contributed by atoms with Gasteiger partial charge in [-0.05, 0) is 12.8 Å². The number of amides is 2. The molecule has 1 aromatic rings. The van der Waals surface area contributed by atoms with Gasteiger partial charge in [-0.1, -0.05) is 0 Å². The molecule has 0 aliphatic carbocycles. The maximum atomic E-state index is 12.6. The Hall–Kier alpha value is -1.89. The van der Waals surface area contributed by atoms with E-state index in [1.807, 2.05) is 4.90 Å². The van der Waals surface area contributed by atoms with Gasteiger partial charge >= 0.3 is 0 Å². The Morgan fingerprint density at radius 1 is 1.25 bits per heavy atom. The van der Waals surface area contributed by atoms with Crippen molar-refractivity contribution in [3.8, 4) is 0 Å². The monoisotopic (exact) mass is 277 g/mol. The molecule has 2 N–H and O–H groups in total. The molecule has 2 aliphatic heterocycles. The summed E-state index contributed by atoms with van der Waals surface area (Å²) in [6.45, 7) is 3.74. The van der Waals surface area contributed by atoms with E-state index in [1.54, 1.807) is 4.90 Å². The number of nitrogens with one attached hydrogen (secondary N) is 2. The van der Waals surface area contributed by atoms with Gasteiger partial charge < -0.3 is 20.1 Å². The number of aromatic nitrogens is 2. The first-order valence-electron chi connectivity index (χ1n) is 7.06. The summed E-state index contributed by atoms with van der Waals surface area (Å²) in [6, 6.07) is -0.316. The third kappa shape index (κ3) is 2.40. The fourth-order valence-corrected chi connectivity index (χ4v) is 2.89. The number of hydrogen-bond acceptors (Lipinski definition) is 4. The SMILES string of the molecule is O=C(C1CCCN1C(=O)c1cnc[nH]1)N1CCNCC1. The summed E-state index contributed by atoms with van der Waals surface area (Å²) in [6.07, 6.45) is 4.62. The number of rotatable bonds is 2. The molecule has 2 saturated heterocycles. The minimum absolute atomic E-state index is 0.0804. The molecule has 3 rings (SSSR count). The highest BCUT2D eigenvalue weighted by molar-refractivity contribution is 5.96. The maximum Gasteiger partial charge on any atom is 0.272 e. The number of piperazine rings is 1. The largest absolute Gasteiger partial charge is 0.341 e. The van der Waals surface area contributed by atoms with Crippen molar-refractivity contribution in [3.05, 3.63) is 18.2 Å². The topological polar surface area (TPSA) is 81.3 Å². The van der Waals surface area contributed by atoms with Crippen molar-refractivity contribution in [2.24, 2.45) is 0 Å². The highest BCUT2D eigenvalue weighted by Gasteiger charge is 2.37. The second kappa shape index (κ2) is 5.62. The van der Waals surface area contributed by atoms with E-state index in [2.05, 4.69) is 15.3 Å². The molecule has 0 spiro atoms. The lowest BCUT2D eigenvalue weighted by molar-refractivity contribution is -0.135. The molecule has 2 amide bonds. The first-order valence-corrected chi connectivity index (χ1v) is 7.06. The molecule has 0 bridgehead atoms. The van der Waals surface area contributed by atoms with Crippen LogP contribution in [0, 0.1) is 0 Å². The predicted octanol–water partition coefficient (Wildman–Crippen LogP) is -0.554. The lowest BCUT2D eigenvalue weighted by Crippen LogP contribution is -2.53. The Morgan fingerprint density at radius 2 is 2.05 bits per heavy atom. The number of nitrogens with zero attached hydrogens (tertiary/aromatic N) is 3. The van der Waals surface area contributed by atoms with Crippen molar-refractivity contribution < 1.29 is 9.59 Å². The molecule has 7 heteroatoms. The molecule has 1 unspecified atom stereocenters. The third-order valence-corrected chi connectivity index (χ3v) is 3.96. The number of aromatic amines is 1. The fourth-order valence-electron chi connectivity index (χ4n) is 2.89. The van der Waals surface area contributed by atoms with Crippen LogP contribution in [0.15, 0.2) is 12.5 Å². The van der Waals surface area contributed by atoms with Crippen LogP contribution < -0.4 is 5.32 Å². The molecule has 0 radical (unpaired) electrons. The summed E-state index contributed by atoms with van der Waals surface area (Å²) in [4.78, 5) is 35.2. The van der Waals surface area contributed by atoms with Crippen molar-refractivity contribution in [2.75, 3.05) is 32.7 Å². The fraction of sp³-hybridized carbons (Fsp3) is 0.615. The average molecular weight is 277 g/mol. The Kier molecular flexibility index (Phi) is 3.68. The zero-order valence-electron chi connectivity index (χ0n) is 11.3. The van der Waals surface area contributed by atoms with Gasteiger partial charge in [-0.25, -0.2) is 4.98 Å². The lowest BCUT2D eigenvalue weighted by atomic mass is 10.1. The van der Waals surface area contributed by atoms with E-state index in [-0.39, 0.29) is 17.9 Å². The van der Waals surface area contributed by atoms with Gasteiger partial charge in [0.1, 0.15) is 11.7 Å². The molecular formula is C13H19N5O2. The first kappa shape index (κ1) is 13.1. The van der Waals surface area contributed by atoms with Crippen LogP contribution in [0.4, 0.5) is 0 Å². The van der Waals surface area contributed by atoms with Crippen LogP contribution >= 0.6 is 0 Å². The quantitative estimate of drug-likeness (QED) is 0.760. The van der Waals surface area contributed by atoms with Crippen LogP contribution in [-0.4, -0.2) is 70.3 Å². The van der Waals surface area contributed by atoms with Gasteiger partial charge in [-0.3, -0.25) is 9.59 Å². The molecule has 20 heavy (non-hydrogen) atoms.